The van der Waals surface area contributed by atoms with Crippen LogP contribution in [0.15, 0.2) is 59.0 Å². The van der Waals surface area contributed by atoms with E-state index in [9.17, 15) is 15.0 Å². The number of aliphatic hydroxyl groups is 2. The van der Waals surface area contributed by atoms with Gasteiger partial charge in [0.15, 0.2) is 0 Å². The summed E-state index contributed by atoms with van der Waals surface area (Å²) < 4.78 is 16.5. The van der Waals surface area contributed by atoms with Crippen LogP contribution in [-0.4, -0.2) is 41.6 Å². The van der Waals surface area contributed by atoms with Crippen LogP contribution < -0.4 is 4.74 Å². The molecule has 2 N–H and O–H groups in total. The van der Waals surface area contributed by atoms with Crippen molar-refractivity contribution >= 4 is 16.9 Å². The SMILES string of the molecule is CC(=O)OCCCC(O)C(O)CCCOc1ccc2cc(-c3ccccc3)oc2c1. The minimum absolute atomic E-state index is 0.253. The van der Waals surface area contributed by atoms with Crippen LogP contribution in [0.1, 0.15) is 32.6 Å². The van der Waals surface area contributed by atoms with E-state index in [1.165, 1.54) is 6.92 Å². The molecule has 0 radical (unpaired) electrons. The van der Waals surface area contributed by atoms with Gasteiger partial charge in [-0.1, -0.05) is 30.3 Å². The predicted octanol–water partition coefficient (Wildman–Crippen LogP) is 4.32. The van der Waals surface area contributed by atoms with E-state index in [1.807, 2.05) is 54.6 Å². The van der Waals surface area contributed by atoms with Crippen molar-refractivity contribution in [2.24, 2.45) is 0 Å². The molecule has 3 rings (SSSR count). The zero-order valence-electron chi connectivity index (χ0n) is 17.1. The molecule has 0 fully saturated rings. The molecule has 160 valence electrons. The van der Waals surface area contributed by atoms with E-state index >= 15 is 0 Å². The number of aliphatic hydroxyl groups excluding tert-OH is 2. The first-order valence-corrected chi connectivity index (χ1v) is 10.2. The summed E-state index contributed by atoms with van der Waals surface area (Å²) in [5.41, 5.74) is 1.78. The molecular weight excluding hydrogens is 384 g/mol. The number of carbonyl (C=O) groups is 1. The van der Waals surface area contributed by atoms with Gasteiger partial charge >= 0.3 is 5.97 Å². The third kappa shape index (κ3) is 6.34. The smallest absolute Gasteiger partial charge is 0.302 e. The number of fused-ring (bicyclic) bond motifs is 1. The molecule has 0 saturated heterocycles. The van der Waals surface area contributed by atoms with Gasteiger partial charge in [-0.15, -0.1) is 0 Å². The molecule has 0 aliphatic heterocycles. The van der Waals surface area contributed by atoms with Crippen molar-refractivity contribution < 1.29 is 28.9 Å². The van der Waals surface area contributed by atoms with Gasteiger partial charge in [0.25, 0.3) is 0 Å². The molecule has 3 aromatic rings. The van der Waals surface area contributed by atoms with Crippen molar-refractivity contribution in [3.8, 4) is 17.1 Å². The fourth-order valence-corrected chi connectivity index (χ4v) is 3.22. The third-order valence-corrected chi connectivity index (χ3v) is 4.86. The Morgan fingerprint density at radius 2 is 1.67 bits per heavy atom. The van der Waals surface area contributed by atoms with Crippen LogP contribution in [0.3, 0.4) is 0 Å². The largest absolute Gasteiger partial charge is 0.493 e. The van der Waals surface area contributed by atoms with Crippen LogP contribution in [0.5, 0.6) is 5.75 Å². The second-order valence-corrected chi connectivity index (χ2v) is 7.28. The molecule has 1 heterocycles. The number of carbonyl (C=O) groups excluding carboxylic acids is 1. The van der Waals surface area contributed by atoms with Crippen molar-refractivity contribution in [2.45, 2.75) is 44.8 Å². The molecular formula is C24H28O6. The minimum Gasteiger partial charge on any atom is -0.493 e. The summed E-state index contributed by atoms with van der Waals surface area (Å²) in [6.07, 6.45) is 0.267. The Kier molecular flexibility index (Phi) is 7.88. The molecule has 0 spiro atoms. The van der Waals surface area contributed by atoms with E-state index in [0.29, 0.717) is 38.0 Å². The van der Waals surface area contributed by atoms with Gasteiger partial charge in [-0.2, -0.15) is 0 Å². The maximum atomic E-state index is 10.7. The van der Waals surface area contributed by atoms with Crippen molar-refractivity contribution in [2.75, 3.05) is 13.2 Å². The topological polar surface area (TPSA) is 89.1 Å². The van der Waals surface area contributed by atoms with Gasteiger partial charge in [0, 0.05) is 23.9 Å². The number of hydrogen-bond donors (Lipinski definition) is 2. The molecule has 2 aromatic carbocycles. The Morgan fingerprint density at radius 1 is 0.967 bits per heavy atom. The van der Waals surface area contributed by atoms with Crippen LogP contribution in [0.25, 0.3) is 22.3 Å². The van der Waals surface area contributed by atoms with Crippen molar-refractivity contribution in [3.63, 3.8) is 0 Å². The summed E-state index contributed by atoms with van der Waals surface area (Å²) in [7, 11) is 0. The van der Waals surface area contributed by atoms with E-state index in [4.69, 9.17) is 13.9 Å². The first kappa shape index (κ1) is 21.9. The predicted molar refractivity (Wildman–Crippen MR) is 114 cm³/mol. The highest BCUT2D eigenvalue weighted by molar-refractivity contribution is 5.83. The average Bonchev–Trinajstić information content (AvgIpc) is 3.18. The number of hydrogen-bond acceptors (Lipinski definition) is 6. The second kappa shape index (κ2) is 10.8. The molecule has 6 nitrogen and oxygen atoms in total. The first-order chi connectivity index (χ1) is 14.5. The fourth-order valence-electron chi connectivity index (χ4n) is 3.22. The van der Waals surface area contributed by atoms with Crippen LogP contribution >= 0.6 is 0 Å². The maximum absolute atomic E-state index is 10.7. The average molecular weight is 412 g/mol. The summed E-state index contributed by atoms with van der Waals surface area (Å²) in [5.74, 6) is 1.17. The Labute approximate surface area is 176 Å². The van der Waals surface area contributed by atoms with Crippen molar-refractivity contribution in [1.29, 1.82) is 0 Å². The number of rotatable bonds is 11. The van der Waals surface area contributed by atoms with Crippen LogP contribution in [0.4, 0.5) is 0 Å². The van der Waals surface area contributed by atoms with E-state index in [0.717, 1.165) is 22.3 Å². The Balaban J connectivity index is 1.43. The zero-order valence-corrected chi connectivity index (χ0v) is 17.1. The van der Waals surface area contributed by atoms with Gasteiger partial charge in [-0.25, -0.2) is 0 Å². The lowest BCUT2D eigenvalue weighted by molar-refractivity contribution is -0.141. The van der Waals surface area contributed by atoms with E-state index in [2.05, 4.69) is 0 Å². The van der Waals surface area contributed by atoms with E-state index < -0.39 is 12.2 Å². The number of benzene rings is 2. The lowest BCUT2D eigenvalue weighted by Crippen LogP contribution is -2.26. The van der Waals surface area contributed by atoms with Crippen LogP contribution in [-0.2, 0) is 9.53 Å². The van der Waals surface area contributed by atoms with Crippen molar-refractivity contribution in [1.82, 2.24) is 0 Å². The summed E-state index contributed by atoms with van der Waals surface area (Å²) in [5, 5.41) is 21.0. The Morgan fingerprint density at radius 3 is 2.37 bits per heavy atom. The Bertz CT molecular complexity index is 933. The van der Waals surface area contributed by atoms with Gasteiger partial charge in [0.2, 0.25) is 0 Å². The summed E-state index contributed by atoms with van der Waals surface area (Å²) in [6, 6.07) is 17.7. The third-order valence-electron chi connectivity index (χ3n) is 4.86. The normalized spacial score (nSPS) is 13.2. The Hall–Kier alpha value is -2.83. The minimum atomic E-state index is -0.837. The quantitative estimate of drug-likeness (QED) is 0.360. The summed E-state index contributed by atoms with van der Waals surface area (Å²) in [6.45, 7) is 2.02. The zero-order chi connectivity index (χ0) is 21.3. The van der Waals surface area contributed by atoms with Crippen LogP contribution in [0.2, 0.25) is 0 Å². The number of furan rings is 1. The molecule has 0 saturated carbocycles. The highest BCUT2D eigenvalue weighted by Gasteiger charge is 2.16. The molecule has 2 unspecified atom stereocenters. The highest BCUT2D eigenvalue weighted by atomic mass is 16.5. The van der Waals surface area contributed by atoms with E-state index in [1.54, 1.807) is 0 Å². The first-order valence-electron chi connectivity index (χ1n) is 10.2. The molecule has 1 aromatic heterocycles. The van der Waals surface area contributed by atoms with Gasteiger partial charge in [-0.3, -0.25) is 4.79 Å². The van der Waals surface area contributed by atoms with Gasteiger partial charge in [0.05, 0.1) is 25.4 Å². The molecule has 6 heteroatoms. The second-order valence-electron chi connectivity index (χ2n) is 7.28. The van der Waals surface area contributed by atoms with Gasteiger partial charge < -0.3 is 24.1 Å². The molecule has 0 aliphatic carbocycles. The number of esters is 1. The highest BCUT2D eigenvalue weighted by Crippen LogP contribution is 2.30. The summed E-state index contributed by atoms with van der Waals surface area (Å²) >= 11 is 0. The fraction of sp³-hybridized carbons (Fsp3) is 0.375. The van der Waals surface area contributed by atoms with Crippen molar-refractivity contribution in [3.05, 3.63) is 54.6 Å². The standard InChI is InChI=1S/C24H28O6/c1-17(25)28-13-5-9-21(26)22(27)10-6-14-29-20-12-11-19-15-23(30-24(19)16-20)18-7-3-2-4-8-18/h2-4,7-8,11-12,15-16,21-22,26-27H,5-6,9-10,13-14H2,1H3. The maximum Gasteiger partial charge on any atom is 0.302 e. The number of ether oxygens (including phenoxy) is 2. The summed E-state index contributed by atoms with van der Waals surface area (Å²) in [4.78, 5) is 10.7. The van der Waals surface area contributed by atoms with Crippen LogP contribution in [0, 0.1) is 0 Å². The monoisotopic (exact) mass is 412 g/mol. The molecule has 0 amide bonds. The molecule has 30 heavy (non-hydrogen) atoms. The molecule has 0 bridgehead atoms. The lowest BCUT2D eigenvalue weighted by atomic mass is 10.0. The van der Waals surface area contributed by atoms with E-state index in [-0.39, 0.29) is 12.6 Å². The molecule has 2 atom stereocenters. The van der Waals surface area contributed by atoms with Gasteiger partial charge in [0.1, 0.15) is 17.1 Å². The lowest BCUT2D eigenvalue weighted by Gasteiger charge is -2.17. The van der Waals surface area contributed by atoms with Gasteiger partial charge in [-0.05, 0) is 43.9 Å². The molecule has 0 aliphatic rings.